The summed E-state index contributed by atoms with van der Waals surface area (Å²) in [7, 11) is 0. The van der Waals surface area contributed by atoms with Gasteiger partial charge in [-0.2, -0.15) is 18.2 Å². The van der Waals surface area contributed by atoms with Crippen LogP contribution in [0.5, 0.6) is 0 Å². The molecule has 3 aromatic rings. The molecule has 7 nitrogen and oxygen atoms in total. The standard InChI is InChI=1S/C26H29F3N4O3/c1-3-4-16(2)30-22-8-7-19(14-21(22)26(27,28)29)25-31-24(32-36-25)18-6-5-17-9-11-33(12-10-23(34)35)15-20(17)13-18/h5-8,13-14,16,30H,3-4,9-12,15H2,1-2H3,(H,34,35). The van der Waals surface area contributed by atoms with Crippen molar-refractivity contribution in [2.75, 3.05) is 18.4 Å². The first-order valence-electron chi connectivity index (χ1n) is 12.0. The summed E-state index contributed by atoms with van der Waals surface area (Å²) in [6, 6.07) is 9.66. The zero-order chi connectivity index (χ0) is 25.9. The molecule has 0 saturated heterocycles. The van der Waals surface area contributed by atoms with Crippen molar-refractivity contribution in [3.63, 3.8) is 0 Å². The number of nitrogens with one attached hydrogen (secondary N) is 1. The molecule has 36 heavy (non-hydrogen) atoms. The molecule has 0 aliphatic carbocycles. The summed E-state index contributed by atoms with van der Waals surface area (Å²) < 4.78 is 46.7. The van der Waals surface area contributed by atoms with Gasteiger partial charge in [-0.05, 0) is 55.2 Å². The molecule has 0 amide bonds. The second-order valence-corrected chi connectivity index (χ2v) is 9.17. The van der Waals surface area contributed by atoms with Crippen LogP contribution in [0.2, 0.25) is 0 Å². The van der Waals surface area contributed by atoms with Crippen LogP contribution >= 0.6 is 0 Å². The van der Waals surface area contributed by atoms with E-state index in [4.69, 9.17) is 9.63 Å². The van der Waals surface area contributed by atoms with Gasteiger partial charge < -0.3 is 14.9 Å². The van der Waals surface area contributed by atoms with Gasteiger partial charge in [0.25, 0.3) is 5.89 Å². The van der Waals surface area contributed by atoms with Crippen LogP contribution in [0.4, 0.5) is 18.9 Å². The lowest BCUT2D eigenvalue weighted by molar-refractivity contribution is -0.138. The topological polar surface area (TPSA) is 91.5 Å². The quantitative estimate of drug-likeness (QED) is 0.379. The number of carbonyl (C=O) groups is 1. The van der Waals surface area contributed by atoms with Gasteiger partial charge in [-0.15, -0.1) is 0 Å². The van der Waals surface area contributed by atoms with Crippen LogP contribution in [0, 0.1) is 0 Å². The van der Waals surface area contributed by atoms with E-state index in [2.05, 4.69) is 20.4 Å². The minimum atomic E-state index is -4.54. The summed E-state index contributed by atoms with van der Waals surface area (Å²) in [5, 5.41) is 15.9. The minimum absolute atomic E-state index is 0.00413. The van der Waals surface area contributed by atoms with Crippen LogP contribution in [0.1, 0.15) is 49.8 Å². The molecule has 1 aliphatic heterocycles. The van der Waals surface area contributed by atoms with E-state index >= 15 is 0 Å². The van der Waals surface area contributed by atoms with Crippen molar-refractivity contribution in [1.29, 1.82) is 0 Å². The predicted molar refractivity (Wildman–Crippen MR) is 129 cm³/mol. The van der Waals surface area contributed by atoms with Crippen LogP contribution in [-0.2, 0) is 23.9 Å². The average molecular weight is 503 g/mol. The third-order valence-corrected chi connectivity index (χ3v) is 6.32. The van der Waals surface area contributed by atoms with Crippen molar-refractivity contribution in [2.45, 2.75) is 58.3 Å². The van der Waals surface area contributed by atoms with Gasteiger partial charge in [0.05, 0.1) is 12.0 Å². The normalized spacial score (nSPS) is 14.9. The Hall–Kier alpha value is -3.40. The van der Waals surface area contributed by atoms with Gasteiger partial charge in [0.1, 0.15) is 0 Å². The number of benzene rings is 2. The number of rotatable bonds is 9. The Kier molecular flexibility index (Phi) is 7.63. The second kappa shape index (κ2) is 10.7. The van der Waals surface area contributed by atoms with Crippen molar-refractivity contribution in [3.8, 4) is 22.8 Å². The van der Waals surface area contributed by atoms with Crippen LogP contribution < -0.4 is 5.32 Å². The fourth-order valence-corrected chi connectivity index (χ4v) is 4.47. The van der Waals surface area contributed by atoms with Gasteiger partial charge in [0.15, 0.2) is 0 Å². The molecular weight excluding hydrogens is 473 g/mol. The SMILES string of the molecule is CCCC(C)Nc1ccc(-c2nc(-c3ccc4c(c3)CN(CCC(=O)O)CC4)no2)cc1C(F)(F)F. The van der Waals surface area contributed by atoms with Gasteiger partial charge in [0, 0.05) is 42.5 Å². The molecule has 1 atom stereocenters. The van der Waals surface area contributed by atoms with Gasteiger partial charge in [-0.1, -0.05) is 30.6 Å². The monoisotopic (exact) mass is 502 g/mol. The number of hydrogen-bond acceptors (Lipinski definition) is 6. The number of fused-ring (bicyclic) bond motifs is 1. The van der Waals surface area contributed by atoms with Gasteiger partial charge in [0.2, 0.25) is 5.82 Å². The average Bonchev–Trinajstić information content (AvgIpc) is 3.32. The summed E-state index contributed by atoms with van der Waals surface area (Å²) in [6.07, 6.45) is -2.04. The molecule has 1 aliphatic rings. The smallest absolute Gasteiger partial charge is 0.418 e. The van der Waals surface area contributed by atoms with E-state index in [1.54, 1.807) is 6.07 Å². The zero-order valence-corrected chi connectivity index (χ0v) is 20.2. The van der Waals surface area contributed by atoms with Crippen molar-refractivity contribution >= 4 is 11.7 Å². The molecule has 1 aromatic heterocycles. The fraction of sp³-hybridized carbons (Fsp3) is 0.423. The summed E-state index contributed by atoms with van der Waals surface area (Å²) in [5.74, 6) is -0.547. The lowest BCUT2D eigenvalue weighted by Crippen LogP contribution is -2.32. The molecule has 0 radical (unpaired) electrons. The molecule has 2 aromatic carbocycles. The van der Waals surface area contributed by atoms with Gasteiger partial charge in [-0.25, -0.2) is 0 Å². The Morgan fingerprint density at radius 1 is 1.19 bits per heavy atom. The molecule has 0 bridgehead atoms. The number of aromatic nitrogens is 2. The number of carboxylic acid groups (broad SMARTS) is 1. The number of halogens is 3. The van der Waals surface area contributed by atoms with Gasteiger partial charge in [-0.3, -0.25) is 9.69 Å². The first-order valence-corrected chi connectivity index (χ1v) is 12.0. The van der Waals surface area contributed by atoms with E-state index in [1.165, 1.54) is 11.6 Å². The maximum Gasteiger partial charge on any atom is 0.418 e. The van der Waals surface area contributed by atoms with E-state index in [9.17, 15) is 18.0 Å². The third kappa shape index (κ3) is 6.04. The van der Waals surface area contributed by atoms with Crippen LogP contribution in [0.25, 0.3) is 22.8 Å². The third-order valence-electron chi connectivity index (χ3n) is 6.32. The maximum absolute atomic E-state index is 13.8. The van der Waals surface area contributed by atoms with Crippen LogP contribution in [0.15, 0.2) is 40.9 Å². The van der Waals surface area contributed by atoms with Crippen LogP contribution in [-0.4, -0.2) is 45.2 Å². The summed E-state index contributed by atoms with van der Waals surface area (Å²) >= 11 is 0. The molecule has 192 valence electrons. The Morgan fingerprint density at radius 2 is 1.97 bits per heavy atom. The van der Waals surface area contributed by atoms with E-state index in [0.717, 1.165) is 37.4 Å². The Labute approximate surface area is 207 Å². The predicted octanol–water partition coefficient (Wildman–Crippen LogP) is 5.86. The van der Waals surface area contributed by atoms with E-state index in [-0.39, 0.29) is 35.4 Å². The number of anilines is 1. The molecule has 2 N–H and O–H groups in total. The summed E-state index contributed by atoms with van der Waals surface area (Å²) in [5.41, 5.74) is 2.34. The highest BCUT2D eigenvalue weighted by molar-refractivity contribution is 5.67. The maximum atomic E-state index is 13.8. The second-order valence-electron chi connectivity index (χ2n) is 9.17. The lowest BCUT2D eigenvalue weighted by atomic mass is 9.97. The molecule has 1 unspecified atom stereocenters. The summed E-state index contributed by atoms with van der Waals surface area (Å²) in [4.78, 5) is 17.3. The summed E-state index contributed by atoms with van der Waals surface area (Å²) in [6.45, 7) is 5.70. The van der Waals surface area contributed by atoms with E-state index < -0.39 is 17.7 Å². The molecule has 0 saturated carbocycles. The first-order chi connectivity index (χ1) is 17.1. The van der Waals surface area contributed by atoms with E-state index in [0.29, 0.717) is 18.7 Å². The Bertz CT molecular complexity index is 1230. The molecule has 0 spiro atoms. The van der Waals surface area contributed by atoms with Gasteiger partial charge >= 0.3 is 12.1 Å². The zero-order valence-electron chi connectivity index (χ0n) is 20.2. The highest BCUT2D eigenvalue weighted by atomic mass is 19.4. The number of hydrogen-bond donors (Lipinski definition) is 2. The Morgan fingerprint density at radius 3 is 2.69 bits per heavy atom. The molecular formula is C26H29F3N4O3. The van der Waals surface area contributed by atoms with E-state index in [1.807, 2.05) is 32.0 Å². The number of carboxylic acids is 1. The Balaban J connectivity index is 1.57. The number of alkyl halides is 3. The minimum Gasteiger partial charge on any atom is -0.481 e. The fourth-order valence-electron chi connectivity index (χ4n) is 4.47. The lowest BCUT2D eigenvalue weighted by Gasteiger charge is -2.28. The first kappa shape index (κ1) is 25.7. The molecule has 2 heterocycles. The van der Waals surface area contributed by atoms with Crippen molar-refractivity contribution in [1.82, 2.24) is 15.0 Å². The largest absolute Gasteiger partial charge is 0.481 e. The van der Waals surface area contributed by atoms with Crippen molar-refractivity contribution in [2.24, 2.45) is 0 Å². The molecule has 0 fully saturated rings. The van der Waals surface area contributed by atoms with Crippen molar-refractivity contribution in [3.05, 3.63) is 53.1 Å². The number of nitrogens with zero attached hydrogens (tertiary/aromatic N) is 3. The number of aliphatic carboxylic acids is 1. The highest BCUT2D eigenvalue weighted by Gasteiger charge is 2.34. The molecule has 10 heteroatoms. The van der Waals surface area contributed by atoms with Crippen molar-refractivity contribution < 1.29 is 27.6 Å². The van der Waals surface area contributed by atoms with Crippen LogP contribution in [0.3, 0.4) is 0 Å². The molecule has 4 rings (SSSR count). The highest BCUT2D eigenvalue weighted by Crippen LogP contribution is 2.38.